The van der Waals surface area contributed by atoms with Gasteiger partial charge in [-0.2, -0.15) is 5.26 Å². The van der Waals surface area contributed by atoms with Crippen LogP contribution in [0.15, 0.2) is 0 Å². The Bertz CT molecular complexity index is 598. The average Bonchev–Trinajstić information content (AvgIpc) is 3.14. The lowest BCUT2D eigenvalue weighted by Crippen LogP contribution is -2.64. The molecule has 1 amide bonds. The maximum absolute atomic E-state index is 13.1. The van der Waals surface area contributed by atoms with Gasteiger partial charge in [0.05, 0.1) is 17.7 Å². The third-order valence-electron chi connectivity index (χ3n) is 7.51. The van der Waals surface area contributed by atoms with Crippen molar-refractivity contribution in [1.82, 2.24) is 4.90 Å². The first kappa shape index (κ1) is 14.2. The zero-order valence-electron chi connectivity index (χ0n) is 13.4. The second kappa shape index (κ2) is 4.29. The highest BCUT2D eigenvalue weighted by Gasteiger charge is 2.62. The molecule has 1 aliphatic heterocycles. The minimum absolute atomic E-state index is 0.0212. The highest BCUT2D eigenvalue weighted by molar-refractivity contribution is 5.84. The van der Waals surface area contributed by atoms with Gasteiger partial charge in [-0.15, -0.1) is 0 Å². The van der Waals surface area contributed by atoms with Crippen molar-refractivity contribution in [3.8, 4) is 6.07 Å². The summed E-state index contributed by atoms with van der Waals surface area (Å²) in [5.74, 6) is 1.56. The number of nitrogens with zero attached hydrogens (tertiary/aromatic N) is 2. The van der Waals surface area contributed by atoms with Crippen LogP contribution < -0.4 is 5.73 Å². The Kier molecular flexibility index (Phi) is 2.65. The first-order valence-corrected chi connectivity index (χ1v) is 9.13. The standard InChI is InChI=1S/C18H25N3O2/c19-8-13-2-12-3-14(12)21(13)16(22)15(20)17-4-10-1-11(5-17)7-18(23,6-10)9-17/h10-15,23H,1-7,9,20H2/t10?,11?,12-,13?,14-,15?,17?,18?/m1/s1. The van der Waals surface area contributed by atoms with Gasteiger partial charge in [-0.3, -0.25) is 4.79 Å². The van der Waals surface area contributed by atoms with Crippen molar-refractivity contribution in [3.05, 3.63) is 0 Å². The number of amides is 1. The Labute approximate surface area is 136 Å². The lowest BCUT2D eigenvalue weighted by atomic mass is 9.46. The van der Waals surface area contributed by atoms with Crippen LogP contribution in [0.5, 0.6) is 0 Å². The molecule has 4 bridgehead atoms. The minimum atomic E-state index is -0.594. The topological polar surface area (TPSA) is 90.4 Å². The number of hydrogen-bond acceptors (Lipinski definition) is 4. The van der Waals surface area contributed by atoms with Gasteiger partial charge in [-0.05, 0) is 74.5 Å². The van der Waals surface area contributed by atoms with Crippen molar-refractivity contribution in [2.24, 2.45) is 28.9 Å². The number of nitriles is 1. The van der Waals surface area contributed by atoms with Crippen LogP contribution in [-0.4, -0.2) is 39.6 Å². The summed E-state index contributed by atoms with van der Waals surface area (Å²) in [6.07, 6.45) is 7.48. The molecule has 1 saturated heterocycles. The molecule has 6 fully saturated rings. The second-order valence-electron chi connectivity index (χ2n) is 9.21. The van der Waals surface area contributed by atoms with Gasteiger partial charge in [0.2, 0.25) is 5.91 Å². The fourth-order valence-electron chi connectivity index (χ4n) is 6.96. The van der Waals surface area contributed by atoms with Gasteiger partial charge in [0.1, 0.15) is 6.04 Å². The van der Waals surface area contributed by atoms with E-state index in [1.54, 1.807) is 4.90 Å². The Balaban J connectivity index is 1.43. The van der Waals surface area contributed by atoms with E-state index in [1.807, 2.05) is 0 Å². The minimum Gasteiger partial charge on any atom is -0.390 e. The molecule has 5 aliphatic carbocycles. The molecule has 5 nitrogen and oxygen atoms in total. The SMILES string of the molecule is N#CC1C[C@@H]2C[C@H]2N1C(=O)C(N)C12CC3CC(CC(O)(C3)C1)C2. The van der Waals surface area contributed by atoms with E-state index in [0.29, 0.717) is 24.2 Å². The summed E-state index contributed by atoms with van der Waals surface area (Å²) in [4.78, 5) is 14.9. The largest absolute Gasteiger partial charge is 0.390 e. The summed E-state index contributed by atoms with van der Waals surface area (Å²) >= 11 is 0. The molecule has 4 unspecified atom stereocenters. The van der Waals surface area contributed by atoms with Crippen LogP contribution in [0.1, 0.15) is 51.4 Å². The molecule has 3 N–H and O–H groups in total. The van der Waals surface area contributed by atoms with Crippen LogP contribution >= 0.6 is 0 Å². The van der Waals surface area contributed by atoms with E-state index in [-0.39, 0.29) is 23.4 Å². The first-order valence-electron chi connectivity index (χ1n) is 9.13. The number of rotatable bonds is 2. The summed E-state index contributed by atoms with van der Waals surface area (Å²) in [7, 11) is 0. The van der Waals surface area contributed by atoms with Gasteiger partial charge >= 0.3 is 0 Å². The Morgan fingerprint density at radius 3 is 2.52 bits per heavy atom. The molecule has 1 heterocycles. The number of aliphatic hydroxyl groups is 1. The van der Waals surface area contributed by atoms with Crippen LogP contribution in [0, 0.1) is 34.5 Å². The predicted octanol–water partition coefficient (Wildman–Crippen LogP) is 1.16. The lowest BCUT2D eigenvalue weighted by molar-refractivity contribution is -0.177. The van der Waals surface area contributed by atoms with Gasteiger partial charge in [-0.1, -0.05) is 0 Å². The van der Waals surface area contributed by atoms with Gasteiger partial charge in [0.25, 0.3) is 0 Å². The number of fused-ring (bicyclic) bond motifs is 1. The highest BCUT2D eigenvalue weighted by Crippen LogP contribution is 2.63. The smallest absolute Gasteiger partial charge is 0.241 e. The van der Waals surface area contributed by atoms with Crippen molar-refractivity contribution in [2.45, 2.75) is 75.1 Å². The quantitative estimate of drug-likeness (QED) is 0.800. The lowest BCUT2D eigenvalue weighted by Gasteiger charge is -2.61. The highest BCUT2D eigenvalue weighted by atomic mass is 16.3. The van der Waals surface area contributed by atoms with E-state index in [4.69, 9.17) is 5.73 Å². The number of nitrogens with two attached hydrogens (primary N) is 1. The maximum atomic E-state index is 13.1. The van der Waals surface area contributed by atoms with Gasteiger partial charge in [-0.25, -0.2) is 0 Å². The number of carbonyl (C=O) groups excluding carboxylic acids is 1. The van der Waals surface area contributed by atoms with Gasteiger partial charge in [0, 0.05) is 6.04 Å². The number of hydrogen-bond donors (Lipinski definition) is 2. The molecule has 6 atom stereocenters. The Hall–Kier alpha value is -1.12. The van der Waals surface area contributed by atoms with Gasteiger partial charge < -0.3 is 15.7 Å². The fraction of sp³-hybridized carbons (Fsp3) is 0.889. The third-order valence-corrected chi connectivity index (χ3v) is 7.51. The van der Waals surface area contributed by atoms with E-state index in [2.05, 4.69) is 6.07 Å². The molecule has 23 heavy (non-hydrogen) atoms. The van der Waals surface area contributed by atoms with E-state index in [1.165, 1.54) is 6.42 Å². The number of carbonyl (C=O) groups is 1. The average molecular weight is 315 g/mol. The van der Waals surface area contributed by atoms with E-state index < -0.39 is 11.6 Å². The van der Waals surface area contributed by atoms with E-state index in [9.17, 15) is 15.2 Å². The molecular formula is C18H25N3O2. The van der Waals surface area contributed by atoms with Gasteiger partial charge in [0.15, 0.2) is 0 Å². The Morgan fingerprint density at radius 2 is 1.91 bits per heavy atom. The third kappa shape index (κ3) is 1.88. The van der Waals surface area contributed by atoms with Crippen molar-refractivity contribution >= 4 is 5.91 Å². The molecule has 6 rings (SSSR count). The van der Waals surface area contributed by atoms with E-state index in [0.717, 1.165) is 38.5 Å². The predicted molar refractivity (Wildman–Crippen MR) is 82.8 cm³/mol. The molecule has 124 valence electrons. The normalized spacial score (nSPS) is 53.8. The number of likely N-dealkylation sites (tertiary alicyclic amines) is 1. The molecule has 0 radical (unpaired) electrons. The fourth-order valence-corrected chi connectivity index (χ4v) is 6.96. The van der Waals surface area contributed by atoms with Crippen LogP contribution in [0.25, 0.3) is 0 Å². The summed E-state index contributed by atoms with van der Waals surface area (Å²) < 4.78 is 0. The van der Waals surface area contributed by atoms with E-state index >= 15 is 0 Å². The monoisotopic (exact) mass is 315 g/mol. The maximum Gasteiger partial charge on any atom is 0.241 e. The second-order valence-corrected chi connectivity index (χ2v) is 9.21. The summed E-state index contributed by atoms with van der Waals surface area (Å²) in [6, 6.07) is 1.72. The zero-order valence-corrected chi connectivity index (χ0v) is 13.4. The zero-order chi connectivity index (χ0) is 16.0. The first-order chi connectivity index (χ1) is 10.9. The van der Waals surface area contributed by atoms with Crippen molar-refractivity contribution in [1.29, 1.82) is 5.26 Å². The Morgan fingerprint density at radius 1 is 1.22 bits per heavy atom. The summed E-state index contributed by atoms with van der Waals surface area (Å²) in [6.45, 7) is 0. The molecular weight excluding hydrogens is 290 g/mol. The van der Waals surface area contributed by atoms with Crippen LogP contribution in [0.4, 0.5) is 0 Å². The van der Waals surface area contributed by atoms with Crippen molar-refractivity contribution < 1.29 is 9.90 Å². The molecule has 6 aliphatic rings. The van der Waals surface area contributed by atoms with Crippen molar-refractivity contribution in [3.63, 3.8) is 0 Å². The summed E-state index contributed by atoms with van der Waals surface area (Å²) in [5, 5.41) is 20.2. The molecule has 0 spiro atoms. The van der Waals surface area contributed by atoms with Crippen LogP contribution in [0.3, 0.4) is 0 Å². The molecule has 0 aromatic carbocycles. The number of piperidine rings is 1. The molecule has 0 aromatic heterocycles. The van der Waals surface area contributed by atoms with Crippen LogP contribution in [0.2, 0.25) is 0 Å². The molecule has 0 aromatic rings. The molecule has 5 heteroatoms. The van der Waals surface area contributed by atoms with Crippen molar-refractivity contribution in [2.75, 3.05) is 0 Å². The van der Waals surface area contributed by atoms with Crippen LogP contribution in [-0.2, 0) is 4.79 Å². The molecule has 5 saturated carbocycles. The summed E-state index contributed by atoms with van der Waals surface area (Å²) in [5.41, 5.74) is 5.71.